The number of aliphatic hydroxyl groups is 1. The maximum atomic E-state index is 13.6. The van der Waals surface area contributed by atoms with Crippen molar-refractivity contribution in [1.82, 2.24) is 10.6 Å². The molecule has 0 aliphatic rings. The highest BCUT2D eigenvalue weighted by molar-refractivity contribution is 5.74. The van der Waals surface area contributed by atoms with Gasteiger partial charge in [0.1, 0.15) is 0 Å². The molecular weight excluding hydrogens is 278 g/mol. The minimum Gasteiger partial charge on any atom is -0.394 e. The fraction of sp³-hybridized carbons (Fsp3) is 0.533. The highest BCUT2D eigenvalue weighted by atomic mass is 19.2. The molecule has 0 bridgehead atoms. The van der Waals surface area contributed by atoms with Crippen LogP contribution in [0.1, 0.15) is 38.8 Å². The summed E-state index contributed by atoms with van der Waals surface area (Å²) in [5.74, 6) is -1.60. The van der Waals surface area contributed by atoms with Crippen molar-refractivity contribution in [2.24, 2.45) is 5.92 Å². The maximum absolute atomic E-state index is 13.6. The first kappa shape index (κ1) is 17.4. The third kappa shape index (κ3) is 5.30. The zero-order chi connectivity index (χ0) is 16.0. The van der Waals surface area contributed by atoms with Crippen LogP contribution < -0.4 is 10.6 Å². The Morgan fingerprint density at radius 1 is 1.24 bits per heavy atom. The number of rotatable bonds is 6. The van der Waals surface area contributed by atoms with Crippen LogP contribution in [0.5, 0.6) is 0 Å². The minimum atomic E-state index is -0.966. The van der Waals surface area contributed by atoms with Crippen LogP contribution in [0.2, 0.25) is 0 Å². The number of carbonyl (C=O) groups is 1. The summed E-state index contributed by atoms with van der Waals surface area (Å²) in [6.45, 7) is 5.35. The molecule has 0 aliphatic carbocycles. The van der Waals surface area contributed by atoms with Gasteiger partial charge in [-0.3, -0.25) is 0 Å². The van der Waals surface area contributed by atoms with Crippen molar-refractivity contribution in [2.45, 2.75) is 39.3 Å². The second-order valence-corrected chi connectivity index (χ2v) is 5.49. The molecule has 2 atom stereocenters. The number of benzene rings is 1. The molecule has 0 radical (unpaired) electrons. The van der Waals surface area contributed by atoms with Crippen molar-refractivity contribution in [3.63, 3.8) is 0 Å². The number of aliphatic hydroxyl groups excluding tert-OH is 1. The summed E-state index contributed by atoms with van der Waals surface area (Å²) >= 11 is 0. The molecule has 6 heteroatoms. The van der Waals surface area contributed by atoms with Crippen LogP contribution >= 0.6 is 0 Å². The minimum absolute atomic E-state index is 0.0783. The molecule has 1 aromatic rings. The summed E-state index contributed by atoms with van der Waals surface area (Å²) in [7, 11) is 0. The molecule has 0 spiro atoms. The van der Waals surface area contributed by atoms with Gasteiger partial charge in [0.25, 0.3) is 0 Å². The zero-order valence-corrected chi connectivity index (χ0v) is 12.5. The van der Waals surface area contributed by atoms with E-state index in [1.165, 1.54) is 12.1 Å². The summed E-state index contributed by atoms with van der Waals surface area (Å²) in [6.07, 6.45) is 0.632. The van der Waals surface area contributed by atoms with Gasteiger partial charge in [-0.1, -0.05) is 26.0 Å². The number of halogens is 2. The van der Waals surface area contributed by atoms with Crippen molar-refractivity contribution in [1.29, 1.82) is 0 Å². The molecule has 2 unspecified atom stereocenters. The Kier molecular flexibility index (Phi) is 6.55. The van der Waals surface area contributed by atoms with E-state index in [1.54, 1.807) is 6.92 Å². The number of urea groups is 1. The second-order valence-electron chi connectivity index (χ2n) is 5.49. The summed E-state index contributed by atoms with van der Waals surface area (Å²) in [6, 6.07) is 2.26. The fourth-order valence-electron chi connectivity index (χ4n) is 2.10. The molecule has 2 amide bonds. The van der Waals surface area contributed by atoms with Crippen LogP contribution in [-0.4, -0.2) is 23.8 Å². The third-order valence-electron chi connectivity index (χ3n) is 3.11. The molecule has 0 saturated heterocycles. The lowest BCUT2D eigenvalue weighted by Gasteiger charge is -2.21. The number of hydrogen-bond acceptors (Lipinski definition) is 2. The average Bonchev–Trinajstić information content (AvgIpc) is 2.40. The van der Waals surface area contributed by atoms with Crippen molar-refractivity contribution >= 4 is 6.03 Å². The van der Waals surface area contributed by atoms with E-state index in [0.717, 1.165) is 6.07 Å². The molecule has 0 saturated carbocycles. The Morgan fingerprint density at radius 2 is 1.90 bits per heavy atom. The van der Waals surface area contributed by atoms with Crippen LogP contribution in [-0.2, 0) is 0 Å². The Bertz CT molecular complexity index is 481. The van der Waals surface area contributed by atoms with Gasteiger partial charge in [-0.05, 0) is 25.3 Å². The predicted molar refractivity (Wildman–Crippen MR) is 76.8 cm³/mol. The van der Waals surface area contributed by atoms with E-state index in [4.69, 9.17) is 0 Å². The smallest absolute Gasteiger partial charge is 0.315 e. The van der Waals surface area contributed by atoms with Gasteiger partial charge in [-0.2, -0.15) is 0 Å². The second kappa shape index (κ2) is 7.93. The Hall–Kier alpha value is -1.69. The van der Waals surface area contributed by atoms with Crippen LogP contribution in [0, 0.1) is 17.6 Å². The molecule has 0 aliphatic heterocycles. The maximum Gasteiger partial charge on any atom is 0.315 e. The lowest BCUT2D eigenvalue weighted by atomic mass is 10.0. The van der Waals surface area contributed by atoms with Crippen LogP contribution in [0.25, 0.3) is 0 Å². The van der Waals surface area contributed by atoms with E-state index in [1.807, 2.05) is 13.8 Å². The topological polar surface area (TPSA) is 61.4 Å². The van der Waals surface area contributed by atoms with Crippen LogP contribution in [0.3, 0.4) is 0 Å². The van der Waals surface area contributed by atoms with Crippen molar-refractivity contribution in [3.05, 3.63) is 35.4 Å². The summed E-state index contributed by atoms with van der Waals surface area (Å²) in [4.78, 5) is 11.8. The van der Waals surface area contributed by atoms with E-state index >= 15 is 0 Å². The number of carbonyl (C=O) groups excluding carboxylic acids is 1. The first-order chi connectivity index (χ1) is 9.85. The molecule has 1 rings (SSSR count). The molecule has 3 N–H and O–H groups in total. The normalized spacial score (nSPS) is 13.9. The molecule has 21 heavy (non-hydrogen) atoms. The van der Waals surface area contributed by atoms with Gasteiger partial charge in [0.15, 0.2) is 11.6 Å². The number of nitrogens with one attached hydrogen (secondary N) is 2. The first-order valence-corrected chi connectivity index (χ1v) is 6.97. The van der Waals surface area contributed by atoms with E-state index < -0.39 is 23.7 Å². The van der Waals surface area contributed by atoms with Gasteiger partial charge >= 0.3 is 6.03 Å². The summed E-state index contributed by atoms with van der Waals surface area (Å²) in [5, 5.41) is 14.4. The Balaban J connectivity index is 2.63. The van der Waals surface area contributed by atoms with Gasteiger partial charge in [-0.15, -0.1) is 0 Å². The monoisotopic (exact) mass is 300 g/mol. The van der Waals surface area contributed by atoms with E-state index in [2.05, 4.69) is 10.6 Å². The SMILES string of the molecule is CC(C)CC(CO)NC(=O)NC(C)c1cccc(F)c1F. The van der Waals surface area contributed by atoms with Crippen LogP contribution in [0.15, 0.2) is 18.2 Å². The van der Waals surface area contributed by atoms with Gasteiger partial charge < -0.3 is 15.7 Å². The zero-order valence-electron chi connectivity index (χ0n) is 12.5. The summed E-state index contributed by atoms with van der Waals surface area (Å²) in [5.41, 5.74) is 0.0783. The quantitative estimate of drug-likeness (QED) is 0.756. The van der Waals surface area contributed by atoms with Gasteiger partial charge in [0.05, 0.1) is 18.7 Å². The first-order valence-electron chi connectivity index (χ1n) is 6.97. The third-order valence-corrected chi connectivity index (χ3v) is 3.11. The molecule has 118 valence electrons. The van der Waals surface area contributed by atoms with E-state index in [0.29, 0.717) is 12.3 Å². The van der Waals surface area contributed by atoms with Gasteiger partial charge in [-0.25, -0.2) is 13.6 Å². The van der Waals surface area contributed by atoms with Gasteiger partial charge in [0.2, 0.25) is 0 Å². The highest BCUT2D eigenvalue weighted by Crippen LogP contribution is 2.18. The standard InChI is InChI=1S/C15H22F2N2O2/c1-9(2)7-11(8-20)19-15(21)18-10(3)12-5-4-6-13(16)14(12)17/h4-6,9-11,20H,7-8H2,1-3H3,(H2,18,19,21). The van der Waals surface area contributed by atoms with E-state index in [-0.39, 0.29) is 18.2 Å². The molecule has 1 aromatic carbocycles. The lowest BCUT2D eigenvalue weighted by molar-refractivity contribution is 0.205. The molecule has 4 nitrogen and oxygen atoms in total. The summed E-state index contributed by atoms with van der Waals surface area (Å²) < 4.78 is 26.8. The van der Waals surface area contributed by atoms with Crippen molar-refractivity contribution < 1.29 is 18.7 Å². The Labute approximate surface area is 123 Å². The fourth-order valence-corrected chi connectivity index (χ4v) is 2.10. The van der Waals surface area contributed by atoms with Crippen LogP contribution in [0.4, 0.5) is 13.6 Å². The molecule has 0 heterocycles. The lowest BCUT2D eigenvalue weighted by Crippen LogP contribution is -2.45. The van der Waals surface area contributed by atoms with Crippen molar-refractivity contribution in [2.75, 3.05) is 6.61 Å². The van der Waals surface area contributed by atoms with Gasteiger partial charge in [0, 0.05) is 5.56 Å². The average molecular weight is 300 g/mol. The molecule has 0 fully saturated rings. The predicted octanol–water partition coefficient (Wildman–Crippen LogP) is 2.73. The molecule has 0 aromatic heterocycles. The number of hydrogen-bond donors (Lipinski definition) is 3. The number of amides is 2. The Morgan fingerprint density at radius 3 is 2.48 bits per heavy atom. The largest absolute Gasteiger partial charge is 0.394 e. The van der Waals surface area contributed by atoms with E-state index in [9.17, 15) is 18.7 Å². The highest BCUT2D eigenvalue weighted by Gasteiger charge is 2.18. The van der Waals surface area contributed by atoms with Crippen molar-refractivity contribution in [3.8, 4) is 0 Å². The molecular formula is C15H22F2N2O2.